The molecule has 0 heterocycles. The van der Waals surface area contributed by atoms with Crippen molar-refractivity contribution in [2.75, 3.05) is 0 Å². The van der Waals surface area contributed by atoms with Gasteiger partial charge in [0.1, 0.15) is 0 Å². The molecule has 0 N–H and O–H groups in total. The Labute approximate surface area is 260 Å². The summed E-state index contributed by atoms with van der Waals surface area (Å²) in [5, 5.41) is 0. The minimum atomic E-state index is -1.01. The van der Waals surface area contributed by atoms with E-state index in [-0.39, 0.29) is 58.9 Å². The zero-order chi connectivity index (χ0) is 30.6. The van der Waals surface area contributed by atoms with Crippen LogP contribution in [-0.2, 0) is 0 Å². The quantitative estimate of drug-likeness (QED) is 0.243. The summed E-state index contributed by atoms with van der Waals surface area (Å²) in [5.41, 5.74) is 0. The van der Waals surface area contributed by atoms with Crippen LogP contribution in [0.4, 0.5) is 0 Å². The summed E-state index contributed by atoms with van der Waals surface area (Å²) in [6, 6.07) is 0. The fraction of sp³-hybridized carbons (Fsp3) is 1.00. The summed E-state index contributed by atoms with van der Waals surface area (Å²) in [6.07, 6.45) is 0. The molecular weight excluding hydrogens is 742 g/mol. The van der Waals surface area contributed by atoms with E-state index in [1.54, 1.807) is 0 Å². The maximum absolute atomic E-state index is 2.81. The van der Waals surface area contributed by atoms with Gasteiger partial charge in [-0.25, -0.2) is 0 Å². The van der Waals surface area contributed by atoms with Crippen LogP contribution in [0.15, 0.2) is 0 Å². The first-order valence-corrected chi connectivity index (χ1v) is 43.0. The second-order valence-electron chi connectivity index (χ2n) is 18.3. The fourth-order valence-corrected chi connectivity index (χ4v) is 147. The Morgan fingerprint density at radius 1 is 0.361 bits per heavy atom. The van der Waals surface area contributed by atoms with Gasteiger partial charge in [0.05, 0.1) is 0 Å². The fourth-order valence-electron chi connectivity index (χ4n) is 5.41. The number of hydrogen-bond donors (Lipinski definition) is 0. The van der Waals surface area contributed by atoms with Crippen LogP contribution in [0.1, 0.15) is 83.1 Å². The average Bonchev–Trinajstić information content (AvgIpc) is 2.47. The van der Waals surface area contributed by atoms with Crippen molar-refractivity contribution in [1.29, 1.82) is 0 Å². The Bertz CT molecular complexity index is 546. The summed E-state index contributed by atoms with van der Waals surface area (Å²) < 4.78 is 2.70. The van der Waals surface area contributed by atoms with Crippen molar-refractivity contribution in [2.24, 2.45) is 0 Å². The molecule has 0 amide bonds. The van der Waals surface area contributed by atoms with E-state index < -0.39 is 28.4 Å². The molecular formula is C28H74Si6Sn2. The van der Waals surface area contributed by atoms with Crippen LogP contribution in [0.5, 0.6) is 0 Å². The summed E-state index contributed by atoms with van der Waals surface area (Å²) in [4.78, 5) is 0. The Morgan fingerprint density at radius 2 is 0.500 bits per heavy atom. The maximum atomic E-state index is 2.81. The largest absolute Gasteiger partial charge is 0.0735 e. The van der Waals surface area contributed by atoms with Crippen molar-refractivity contribution in [2.45, 2.75) is 175 Å². The third kappa shape index (κ3) is 16.4. The van der Waals surface area contributed by atoms with Crippen LogP contribution in [-0.4, -0.2) is 87.3 Å². The summed E-state index contributed by atoms with van der Waals surface area (Å²) in [5.74, 6) is 0. The first kappa shape index (κ1) is 43.4. The molecule has 0 rings (SSSR count). The molecule has 0 atom stereocenters. The molecule has 0 bridgehead atoms. The molecule has 0 aliphatic heterocycles. The average molecular weight is 817 g/mol. The summed E-state index contributed by atoms with van der Waals surface area (Å²) in [6.45, 7) is 61.2. The molecule has 0 fully saturated rings. The van der Waals surface area contributed by atoms with E-state index >= 15 is 0 Å². The van der Waals surface area contributed by atoms with Gasteiger partial charge in [-0.05, 0) is 0 Å². The van der Waals surface area contributed by atoms with Crippen molar-refractivity contribution in [1.82, 2.24) is 0 Å². The molecule has 0 saturated heterocycles. The molecule has 0 aromatic heterocycles. The molecule has 0 spiro atoms. The van der Waals surface area contributed by atoms with Crippen LogP contribution in [0.2, 0.25) is 92.3 Å². The number of rotatable bonds is 5. The zero-order valence-electron chi connectivity index (χ0n) is 30.2. The molecule has 0 saturated carbocycles. The minimum Gasteiger partial charge on any atom is -0.0735 e. The SMILES string of the molecule is C[C](C)(C)[SnH][C](C)(C)C.C[C](C)(C)[SnH][C](C)(C)C.C[Si](C)[Si](C)(C)[Si](C)(C)[Si](C)(C)[Si](C)(C)[Si](C)C. The van der Waals surface area contributed by atoms with Gasteiger partial charge in [0.25, 0.3) is 0 Å². The minimum absolute atomic E-state index is 0.0662. The second kappa shape index (κ2) is 14.9. The van der Waals surface area contributed by atoms with Crippen molar-refractivity contribution in [3.63, 3.8) is 0 Å². The first-order valence-electron chi connectivity index (χ1n) is 14.4. The molecule has 0 aliphatic rings. The molecule has 8 heteroatoms. The standard InChI is InChI=1S/C12H36Si6.4C4H9.2Sn.2H/c1-13(2)15(5,6)17(9,10)18(11,12)16(7,8)14(3)4;4*1-4(2)3;;;;/h1-12H3;4*1-3H3;;;;. The maximum Gasteiger partial charge on any atom is 0.0307 e. The third-order valence-electron chi connectivity index (χ3n) is 8.92. The predicted molar refractivity (Wildman–Crippen MR) is 198 cm³/mol. The summed E-state index contributed by atoms with van der Waals surface area (Å²) in [7, 11) is -4.04. The molecule has 0 unspecified atom stereocenters. The van der Waals surface area contributed by atoms with Crippen molar-refractivity contribution < 1.29 is 0 Å². The van der Waals surface area contributed by atoms with Crippen LogP contribution in [0.3, 0.4) is 0 Å². The van der Waals surface area contributed by atoms with Gasteiger partial charge >= 0.3 is 139 Å². The van der Waals surface area contributed by atoms with Gasteiger partial charge in [-0.2, -0.15) is 0 Å². The third-order valence-corrected chi connectivity index (χ3v) is 126. The zero-order valence-corrected chi connectivity index (χ0v) is 42.7. The van der Waals surface area contributed by atoms with Gasteiger partial charge in [0, 0.05) is 45.1 Å². The van der Waals surface area contributed by atoms with Gasteiger partial charge in [-0.1, -0.05) is 78.6 Å². The summed E-state index contributed by atoms with van der Waals surface area (Å²) >= 11 is -0.710. The van der Waals surface area contributed by atoms with Crippen LogP contribution < -0.4 is 0 Å². The van der Waals surface area contributed by atoms with Gasteiger partial charge in [0.2, 0.25) is 0 Å². The van der Waals surface area contributed by atoms with Crippen LogP contribution in [0, 0.1) is 0 Å². The van der Waals surface area contributed by atoms with Gasteiger partial charge in [0.15, 0.2) is 0 Å². The molecule has 36 heavy (non-hydrogen) atoms. The Balaban J connectivity index is -0.000000507. The molecule has 218 valence electrons. The van der Waals surface area contributed by atoms with Crippen LogP contribution in [0.25, 0.3) is 0 Å². The van der Waals surface area contributed by atoms with E-state index in [2.05, 4.69) is 162 Å². The van der Waals surface area contributed by atoms with Crippen molar-refractivity contribution in [3.8, 4) is 0 Å². The molecule has 4 radical (unpaired) electrons. The van der Waals surface area contributed by atoms with Crippen molar-refractivity contribution in [3.05, 3.63) is 0 Å². The normalized spacial score (nSPS) is 14.8. The first-order chi connectivity index (χ1) is 15.1. The van der Waals surface area contributed by atoms with E-state index in [0.29, 0.717) is 13.7 Å². The second-order valence-corrected chi connectivity index (χ2v) is 98.7. The Kier molecular flexibility index (Phi) is 17.9. The van der Waals surface area contributed by atoms with Gasteiger partial charge in [-0.3, -0.25) is 0 Å². The van der Waals surface area contributed by atoms with E-state index in [0.717, 1.165) is 0 Å². The smallest absolute Gasteiger partial charge is 0.0307 e. The topological polar surface area (TPSA) is 0 Å². The molecule has 0 aromatic carbocycles. The van der Waals surface area contributed by atoms with Crippen LogP contribution >= 0.6 is 0 Å². The van der Waals surface area contributed by atoms with E-state index in [1.807, 2.05) is 0 Å². The molecule has 0 aromatic rings. The number of hydrogen-bond acceptors (Lipinski definition) is 0. The Morgan fingerprint density at radius 3 is 0.556 bits per heavy atom. The molecule has 0 nitrogen and oxygen atoms in total. The van der Waals surface area contributed by atoms with E-state index in [4.69, 9.17) is 0 Å². The Hall–Kier alpha value is 2.90. The predicted octanol–water partition coefficient (Wildman–Crippen LogP) is 10.4. The van der Waals surface area contributed by atoms with E-state index in [1.165, 1.54) is 0 Å². The monoisotopic (exact) mass is 818 g/mol. The van der Waals surface area contributed by atoms with E-state index in [9.17, 15) is 0 Å². The molecule has 0 aliphatic carbocycles. The van der Waals surface area contributed by atoms with Crippen molar-refractivity contribution >= 4 is 87.3 Å². The van der Waals surface area contributed by atoms with Gasteiger partial charge in [-0.15, -0.1) is 0 Å². The van der Waals surface area contributed by atoms with Gasteiger partial charge < -0.3 is 0 Å².